The lowest BCUT2D eigenvalue weighted by Crippen LogP contribution is -2.23. The average molecular weight is 412 g/mol. The molecule has 3 aromatic carbocycles. The molecule has 150 valence electrons. The Bertz CT molecular complexity index is 990. The highest BCUT2D eigenvalue weighted by Crippen LogP contribution is 2.24. The largest absolute Gasteiger partial charge is 0.496 e. The number of ether oxygens (including phenoxy) is 3. The van der Waals surface area contributed by atoms with Gasteiger partial charge >= 0.3 is 0 Å². The molecule has 0 radical (unpaired) electrons. The number of nitrogens with one attached hydrogen (secondary N) is 1. The second-order valence-electron chi connectivity index (χ2n) is 6.27. The lowest BCUT2D eigenvalue weighted by molar-refractivity contribution is 0.0950. The summed E-state index contributed by atoms with van der Waals surface area (Å²) in [5.74, 6) is 1.83. The Hall–Kier alpha value is -3.18. The summed E-state index contributed by atoms with van der Waals surface area (Å²) in [6.07, 6.45) is 0. The summed E-state index contributed by atoms with van der Waals surface area (Å²) in [7, 11) is 3.19. The number of carbonyl (C=O) groups excluding carboxylic acids is 1. The van der Waals surface area contributed by atoms with Gasteiger partial charge in [0.2, 0.25) is 0 Å². The lowest BCUT2D eigenvalue weighted by Gasteiger charge is -2.13. The van der Waals surface area contributed by atoms with Crippen molar-refractivity contribution < 1.29 is 19.0 Å². The van der Waals surface area contributed by atoms with Crippen molar-refractivity contribution in [1.29, 1.82) is 0 Å². The first kappa shape index (κ1) is 20.6. The molecule has 0 aliphatic carbocycles. The van der Waals surface area contributed by atoms with E-state index in [1.54, 1.807) is 44.6 Å². The summed E-state index contributed by atoms with van der Waals surface area (Å²) < 4.78 is 16.5. The zero-order chi connectivity index (χ0) is 20.6. The average Bonchev–Trinajstić information content (AvgIpc) is 2.76. The molecular weight excluding hydrogens is 390 g/mol. The predicted octanol–water partition coefficient (Wildman–Crippen LogP) is 4.87. The first-order valence-electron chi connectivity index (χ1n) is 9.06. The molecule has 6 heteroatoms. The third-order valence-corrected chi connectivity index (χ3v) is 4.60. The van der Waals surface area contributed by atoms with Gasteiger partial charge in [-0.2, -0.15) is 0 Å². The van der Waals surface area contributed by atoms with Crippen molar-refractivity contribution in [3.63, 3.8) is 0 Å². The maximum Gasteiger partial charge on any atom is 0.251 e. The second-order valence-corrected chi connectivity index (χ2v) is 6.70. The van der Waals surface area contributed by atoms with Crippen molar-refractivity contribution in [2.45, 2.75) is 13.2 Å². The number of amides is 1. The molecule has 0 fully saturated rings. The topological polar surface area (TPSA) is 56.8 Å². The minimum Gasteiger partial charge on any atom is -0.496 e. The van der Waals surface area contributed by atoms with E-state index in [1.807, 2.05) is 36.4 Å². The number of methoxy groups -OCH3 is 2. The molecule has 0 atom stereocenters. The van der Waals surface area contributed by atoms with Crippen molar-refractivity contribution in [3.05, 3.63) is 88.4 Å². The van der Waals surface area contributed by atoms with Gasteiger partial charge in [-0.3, -0.25) is 4.79 Å². The molecule has 3 aromatic rings. The van der Waals surface area contributed by atoms with E-state index in [0.717, 1.165) is 16.9 Å². The van der Waals surface area contributed by atoms with Crippen LogP contribution >= 0.6 is 11.6 Å². The van der Waals surface area contributed by atoms with E-state index in [9.17, 15) is 4.79 Å². The van der Waals surface area contributed by atoms with Gasteiger partial charge < -0.3 is 19.5 Å². The monoisotopic (exact) mass is 411 g/mol. The Balaban J connectivity index is 1.70. The summed E-state index contributed by atoms with van der Waals surface area (Å²) in [6, 6.07) is 20.0. The zero-order valence-electron chi connectivity index (χ0n) is 16.3. The van der Waals surface area contributed by atoms with Crippen LogP contribution in [0.5, 0.6) is 17.2 Å². The van der Waals surface area contributed by atoms with Gasteiger partial charge in [-0.1, -0.05) is 35.9 Å². The Labute approximate surface area is 175 Å². The summed E-state index contributed by atoms with van der Waals surface area (Å²) >= 11 is 5.99. The van der Waals surface area contributed by atoms with Gasteiger partial charge in [0.15, 0.2) is 0 Å². The first-order chi connectivity index (χ1) is 14.1. The SMILES string of the molecule is COc1ccccc1CNC(=O)c1ccc(OC)c(COc2cccc(Cl)c2)c1. The molecule has 0 unspecified atom stereocenters. The molecule has 1 amide bonds. The summed E-state index contributed by atoms with van der Waals surface area (Å²) in [4.78, 5) is 12.6. The van der Waals surface area contributed by atoms with Crippen LogP contribution in [0.15, 0.2) is 66.7 Å². The molecule has 1 N–H and O–H groups in total. The number of benzene rings is 3. The Kier molecular flexibility index (Phi) is 6.98. The van der Waals surface area contributed by atoms with E-state index >= 15 is 0 Å². The Morgan fingerprint density at radius 2 is 1.66 bits per heavy atom. The fourth-order valence-corrected chi connectivity index (χ4v) is 3.06. The molecular formula is C23H22ClNO4. The number of hydrogen-bond donors (Lipinski definition) is 1. The molecule has 0 saturated carbocycles. The molecule has 0 heterocycles. The van der Waals surface area contributed by atoms with Crippen LogP contribution in [-0.2, 0) is 13.2 Å². The fourth-order valence-electron chi connectivity index (χ4n) is 2.88. The van der Waals surface area contributed by atoms with Gasteiger partial charge in [-0.25, -0.2) is 0 Å². The third kappa shape index (κ3) is 5.42. The number of hydrogen-bond acceptors (Lipinski definition) is 4. The molecule has 5 nitrogen and oxygen atoms in total. The van der Waals surface area contributed by atoms with Crippen LogP contribution in [0.1, 0.15) is 21.5 Å². The zero-order valence-corrected chi connectivity index (χ0v) is 17.0. The van der Waals surface area contributed by atoms with E-state index in [1.165, 1.54) is 0 Å². The minimum atomic E-state index is -0.192. The van der Waals surface area contributed by atoms with Gasteiger partial charge in [-0.15, -0.1) is 0 Å². The van der Waals surface area contributed by atoms with Crippen LogP contribution in [-0.4, -0.2) is 20.1 Å². The quantitative estimate of drug-likeness (QED) is 0.574. The summed E-state index contributed by atoms with van der Waals surface area (Å²) in [6.45, 7) is 0.611. The minimum absolute atomic E-state index is 0.192. The standard InChI is InChI=1S/C23H22ClNO4/c1-27-21-9-4-3-6-17(21)14-25-23(26)16-10-11-22(28-2)18(12-16)15-29-20-8-5-7-19(24)13-20/h3-13H,14-15H2,1-2H3,(H,25,26). The highest BCUT2D eigenvalue weighted by Gasteiger charge is 2.12. The van der Waals surface area contributed by atoms with Crippen LogP contribution in [0.2, 0.25) is 5.02 Å². The highest BCUT2D eigenvalue weighted by atomic mass is 35.5. The van der Waals surface area contributed by atoms with Crippen molar-refractivity contribution in [2.24, 2.45) is 0 Å². The van der Waals surface area contributed by atoms with Crippen LogP contribution in [0.25, 0.3) is 0 Å². The molecule has 0 spiro atoms. The van der Waals surface area contributed by atoms with Gasteiger partial charge in [0, 0.05) is 28.3 Å². The second kappa shape index (κ2) is 9.85. The van der Waals surface area contributed by atoms with Gasteiger partial charge in [0.1, 0.15) is 23.9 Å². The Morgan fingerprint density at radius 1 is 0.897 bits per heavy atom. The summed E-state index contributed by atoms with van der Waals surface area (Å²) in [5.41, 5.74) is 2.18. The van der Waals surface area contributed by atoms with Gasteiger partial charge in [0.05, 0.1) is 14.2 Å². The van der Waals surface area contributed by atoms with E-state index in [2.05, 4.69) is 5.32 Å². The lowest BCUT2D eigenvalue weighted by atomic mass is 10.1. The first-order valence-corrected chi connectivity index (χ1v) is 9.44. The van der Waals surface area contributed by atoms with E-state index < -0.39 is 0 Å². The molecule has 0 saturated heterocycles. The molecule has 0 aromatic heterocycles. The van der Waals surface area contributed by atoms with E-state index in [0.29, 0.717) is 28.6 Å². The van der Waals surface area contributed by atoms with Gasteiger partial charge in [0.25, 0.3) is 5.91 Å². The predicted molar refractivity (Wildman–Crippen MR) is 113 cm³/mol. The van der Waals surface area contributed by atoms with Crippen LogP contribution in [0, 0.1) is 0 Å². The number of halogens is 1. The molecule has 3 rings (SSSR count). The van der Waals surface area contributed by atoms with Gasteiger partial charge in [-0.05, 0) is 42.5 Å². The Morgan fingerprint density at radius 3 is 2.41 bits per heavy atom. The third-order valence-electron chi connectivity index (χ3n) is 4.36. The van der Waals surface area contributed by atoms with Crippen LogP contribution in [0.3, 0.4) is 0 Å². The molecule has 0 aliphatic rings. The van der Waals surface area contributed by atoms with Crippen molar-refractivity contribution in [1.82, 2.24) is 5.32 Å². The van der Waals surface area contributed by atoms with Crippen molar-refractivity contribution in [2.75, 3.05) is 14.2 Å². The summed E-state index contributed by atoms with van der Waals surface area (Å²) in [5, 5.41) is 3.51. The maximum atomic E-state index is 12.6. The normalized spacial score (nSPS) is 10.3. The van der Waals surface area contributed by atoms with Crippen LogP contribution < -0.4 is 19.5 Å². The van der Waals surface area contributed by atoms with E-state index in [4.69, 9.17) is 25.8 Å². The van der Waals surface area contributed by atoms with Crippen molar-refractivity contribution in [3.8, 4) is 17.2 Å². The number of para-hydroxylation sites is 1. The van der Waals surface area contributed by atoms with Crippen molar-refractivity contribution >= 4 is 17.5 Å². The van der Waals surface area contributed by atoms with E-state index in [-0.39, 0.29) is 12.5 Å². The number of rotatable bonds is 8. The smallest absolute Gasteiger partial charge is 0.251 e. The fraction of sp³-hybridized carbons (Fsp3) is 0.174. The van der Waals surface area contributed by atoms with Crippen LogP contribution in [0.4, 0.5) is 0 Å². The maximum absolute atomic E-state index is 12.6. The molecule has 0 bridgehead atoms. The molecule has 29 heavy (non-hydrogen) atoms. The number of carbonyl (C=O) groups is 1. The highest BCUT2D eigenvalue weighted by molar-refractivity contribution is 6.30. The molecule has 0 aliphatic heterocycles.